The van der Waals surface area contributed by atoms with Crippen molar-refractivity contribution in [3.05, 3.63) is 36.3 Å². The Balaban J connectivity index is 1.42. The smallest absolute Gasteiger partial charge is 0.408 e. The predicted molar refractivity (Wildman–Crippen MR) is 109 cm³/mol. The first-order chi connectivity index (χ1) is 15.0. The van der Waals surface area contributed by atoms with Crippen LogP contribution in [0.15, 0.2) is 24.7 Å². The van der Waals surface area contributed by atoms with Crippen LogP contribution in [0.4, 0.5) is 19.4 Å². The van der Waals surface area contributed by atoms with Gasteiger partial charge in [-0.3, -0.25) is 0 Å². The van der Waals surface area contributed by atoms with E-state index in [0.29, 0.717) is 23.0 Å². The van der Waals surface area contributed by atoms with Gasteiger partial charge < -0.3 is 20.4 Å². The van der Waals surface area contributed by atoms with Gasteiger partial charge in [0.15, 0.2) is 17.5 Å². The van der Waals surface area contributed by atoms with E-state index in [1.54, 1.807) is 6.20 Å². The van der Waals surface area contributed by atoms with Gasteiger partial charge in [0.1, 0.15) is 17.1 Å². The number of aromatic amines is 1. The molecule has 1 saturated heterocycles. The van der Waals surface area contributed by atoms with Crippen LogP contribution < -0.4 is 10.6 Å². The summed E-state index contributed by atoms with van der Waals surface area (Å²) in [5.74, 6) is -0.739. The number of rotatable bonds is 4. The molecule has 1 aliphatic heterocycles. The lowest BCUT2D eigenvalue weighted by atomic mass is 9.76. The van der Waals surface area contributed by atoms with E-state index in [1.165, 1.54) is 6.07 Å². The third-order valence-corrected chi connectivity index (χ3v) is 6.20. The van der Waals surface area contributed by atoms with Gasteiger partial charge in [0, 0.05) is 29.6 Å². The van der Waals surface area contributed by atoms with Crippen molar-refractivity contribution in [1.82, 2.24) is 25.3 Å². The number of carbonyl (C=O) groups excluding carboxylic acids is 1. The van der Waals surface area contributed by atoms with Crippen LogP contribution in [0, 0.1) is 11.6 Å². The van der Waals surface area contributed by atoms with Crippen molar-refractivity contribution in [2.24, 2.45) is 0 Å². The van der Waals surface area contributed by atoms with Gasteiger partial charge in [-0.1, -0.05) is 6.92 Å². The Kier molecular flexibility index (Phi) is 4.71. The third kappa shape index (κ3) is 3.45. The molecule has 0 unspecified atom stereocenters. The van der Waals surface area contributed by atoms with Crippen LogP contribution in [-0.2, 0) is 4.74 Å². The standard InChI is InChI=1S/C21H22F2N6O2/c1-2-16-21(31-20(30)28-16)5-3-4-12(7-21)27-19-15(23)10-26-18(29-19)14-9-25-17-13(14)6-11(22)8-24-17/h6,8-10,12,16H,2-5,7H2,1H3,(H,24,25)(H,28,30)(H,26,27,29)/t12-,16+,21-/m0/s1. The van der Waals surface area contributed by atoms with E-state index in [2.05, 4.69) is 30.6 Å². The van der Waals surface area contributed by atoms with Crippen LogP contribution in [0.3, 0.4) is 0 Å². The molecule has 0 bridgehead atoms. The zero-order valence-electron chi connectivity index (χ0n) is 16.9. The number of nitrogens with zero attached hydrogens (tertiary/aromatic N) is 3. The minimum Gasteiger partial charge on any atom is -0.441 e. The Morgan fingerprint density at radius 1 is 1.32 bits per heavy atom. The molecule has 3 aromatic rings. The van der Waals surface area contributed by atoms with E-state index < -0.39 is 23.3 Å². The molecular weight excluding hydrogens is 406 g/mol. The van der Waals surface area contributed by atoms with Crippen molar-refractivity contribution in [2.75, 3.05) is 5.32 Å². The number of pyridine rings is 1. The van der Waals surface area contributed by atoms with Crippen LogP contribution in [0.25, 0.3) is 22.4 Å². The second kappa shape index (κ2) is 7.44. The van der Waals surface area contributed by atoms with Gasteiger partial charge >= 0.3 is 6.09 Å². The highest BCUT2D eigenvalue weighted by atomic mass is 19.1. The van der Waals surface area contributed by atoms with Crippen LogP contribution in [0.2, 0.25) is 0 Å². The summed E-state index contributed by atoms with van der Waals surface area (Å²) in [6.07, 6.45) is 7.18. The Morgan fingerprint density at radius 2 is 2.19 bits per heavy atom. The number of halogens is 2. The number of aromatic nitrogens is 4. The SMILES string of the molecule is CC[C@H]1NC(=O)O[C@]12CCC[C@H](Nc1nc(-c3c[nH]c4ncc(F)cc34)ncc1F)C2. The molecule has 0 aromatic carbocycles. The molecule has 1 saturated carbocycles. The number of anilines is 1. The average Bonchev–Trinajstić information content (AvgIpc) is 3.29. The van der Waals surface area contributed by atoms with E-state index >= 15 is 0 Å². The molecule has 2 aliphatic rings. The molecule has 1 amide bonds. The lowest BCUT2D eigenvalue weighted by Gasteiger charge is -2.39. The van der Waals surface area contributed by atoms with Gasteiger partial charge in [-0.15, -0.1) is 0 Å². The molecule has 162 valence electrons. The highest BCUT2D eigenvalue weighted by Gasteiger charge is 2.50. The van der Waals surface area contributed by atoms with Crippen LogP contribution in [0.1, 0.15) is 39.0 Å². The third-order valence-electron chi connectivity index (χ3n) is 6.20. The van der Waals surface area contributed by atoms with Crippen molar-refractivity contribution < 1.29 is 18.3 Å². The first-order valence-corrected chi connectivity index (χ1v) is 10.4. The average molecular weight is 428 g/mol. The number of ether oxygens (including phenoxy) is 1. The van der Waals surface area contributed by atoms with Gasteiger partial charge in [0.05, 0.1) is 18.4 Å². The Labute approximate surface area is 176 Å². The normalized spacial score (nSPS) is 25.6. The fourth-order valence-electron chi connectivity index (χ4n) is 4.79. The van der Waals surface area contributed by atoms with E-state index in [0.717, 1.165) is 38.1 Å². The van der Waals surface area contributed by atoms with Crippen molar-refractivity contribution in [2.45, 2.75) is 56.7 Å². The van der Waals surface area contributed by atoms with Gasteiger partial charge in [-0.05, 0) is 31.7 Å². The summed E-state index contributed by atoms with van der Waals surface area (Å²) in [4.78, 5) is 27.2. The minimum absolute atomic E-state index is 0.0657. The second-order valence-electron chi connectivity index (χ2n) is 8.14. The van der Waals surface area contributed by atoms with Gasteiger partial charge in [0.25, 0.3) is 0 Å². The van der Waals surface area contributed by atoms with E-state index in [-0.39, 0.29) is 23.7 Å². The number of fused-ring (bicyclic) bond motifs is 1. The van der Waals surface area contributed by atoms with Crippen molar-refractivity contribution in [3.8, 4) is 11.4 Å². The fraction of sp³-hybridized carbons (Fsp3) is 0.429. The maximum Gasteiger partial charge on any atom is 0.408 e. The number of alkyl carbamates (subject to hydrolysis) is 1. The van der Waals surface area contributed by atoms with Crippen LogP contribution in [-0.4, -0.2) is 43.7 Å². The van der Waals surface area contributed by atoms with E-state index in [9.17, 15) is 13.6 Å². The van der Waals surface area contributed by atoms with Crippen LogP contribution in [0.5, 0.6) is 0 Å². The van der Waals surface area contributed by atoms with Gasteiger partial charge in [-0.25, -0.2) is 28.5 Å². The number of amides is 1. The highest BCUT2D eigenvalue weighted by molar-refractivity contribution is 5.91. The van der Waals surface area contributed by atoms with Crippen molar-refractivity contribution >= 4 is 22.9 Å². The maximum atomic E-state index is 14.6. The molecule has 4 heterocycles. The first-order valence-electron chi connectivity index (χ1n) is 10.4. The molecule has 8 nitrogen and oxygen atoms in total. The summed E-state index contributed by atoms with van der Waals surface area (Å²) in [6, 6.07) is 1.16. The lowest BCUT2D eigenvalue weighted by molar-refractivity contribution is 0.000226. The molecule has 3 aromatic heterocycles. The van der Waals surface area contributed by atoms with Gasteiger partial charge in [0.2, 0.25) is 0 Å². The number of H-pyrrole nitrogens is 1. The zero-order valence-corrected chi connectivity index (χ0v) is 16.9. The molecule has 3 atom stereocenters. The largest absolute Gasteiger partial charge is 0.441 e. The predicted octanol–water partition coefficient (Wildman–Crippen LogP) is 3.91. The molecular formula is C21H22F2N6O2. The number of hydrogen-bond donors (Lipinski definition) is 3. The maximum absolute atomic E-state index is 14.6. The van der Waals surface area contributed by atoms with Crippen molar-refractivity contribution in [3.63, 3.8) is 0 Å². The minimum atomic E-state index is -0.589. The number of hydrogen-bond acceptors (Lipinski definition) is 6. The molecule has 2 fully saturated rings. The molecule has 0 radical (unpaired) electrons. The summed E-state index contributed by atoms with van der Waals surface area (Å²) < 4.78 is 33.9. The molecule has 3 N–H and O–H groups in total. The fourth-order valence-corrected chi connectivity index (χ4v) is 4.79. The topological polar surface area (TPSA) is 105 Å². The number of nitrogens with one attached hydrogen (secondary N) is 3. The Morgan fingerprint density at radius 3 is 3.03 bits per heavy atom. The summed E-state index contributed by atoms with van der Waals surface area (Å²) in [6.45, 7) is 2.01. The second-order valence-corrected chi connectivity index (χ2v) is 8.14. The summed E-state index contributed by atoms with van der Waals surface area (Å²) in [5.41, 5.74) is 0.438. The summed E-state index contributed by atoms with van der Waals surface area (Å²) in [7, 11) is 0. The molecule has 31 heavy (non-hydrogen) atoms. The highest BCUT2D eigenvalue weighted by Crippen LogP contribution is 2.40. The quantitative estimate of drug-likeness (QED) is 0.582. The molecule has 1 spiro atoms. The zero-order chi connectivity index (χ0) is 21.6. The Hall–Kier alpha value is -3.30. The molecule has 5 rings (SSSR count). The van der Waals surface area contributed by atoms with Gasteiger partial charge in [-0.2, -0.15) is 0 Å². The summed E-state index contributed by atoms with van der Waals surface area (Å²) >= 11 is 0. The van der Waals surface area contributed by atoms with Crippen molar-refractivity contribution in [1.29, 1.82) is 0 Å². The van der Waals surface area contributed by atoms with E-state index in [1.807, 2.05) is 6.92 Å². The molecule has 1 aliphatic carbocycles. The van der Waals surface area contributed by atoms with E-state index in [4.69, 9.17) is 4.74 Å². The number of carbonyl (C=O) groups is 1. The lowest BCUT2D eigenvalue weighted by Crippen LogP contribution is -2.49. The van der Waals surface area contributed by atoms with Crippen LogP contribution >= 0.6 is 0 Å². The Bertz CT molecular complexity index is 1150. The monoisotopic (exact) mass is 428 g/mol. The first kappa shape index (κ1) is 19.7. The molecule has 10 heteroatoms. The summed E-state index contributed by atoms with van der Waals surface area (Å²) in [5, 5.41) is 6.57.